The van der Waals surface area contributed by atoms with Gasteiger partial charge in [-0.1, -0.05) is 24.3 Å². The Hall–Kier alpha value is -2.02. The Labute approximate surface area is 159 Å². The highest BCUT2D eigenvalue weighted by atomic mass is 127. The van der Waals surface area contributed by atoms with Crippen molar-refractivity contribution < 1.29 is 0 Å². The SMILES string of the molecule is Cc1cccc(NC(N)=NCCc2c[nH]c3cccc(C)c23)c1.I. The Bertz CT molecular complexity index is 851. The lowest BCUT2D eigenvalue weighted by atomic mass is 10.1. The second-order valence-corrected chi connectivity index (χ2v) is 5.82. The van der Waals surface area contributed by atoms with E-state index >= 15 is 0 Å². The molecule has 0 aliphatic carbocycles. The zero-order chi connectivity index (χ0) is 16.2. The molecule has 2 aromatic carbocycles. The van der Waals surface area contributed by atoms with E-state index in [-0.39, 0.29) is 24.0 Å². The molecule has 0 amide bonds. The molecule has 0 fully saturated rings. The van der Waals surface area contributed by atoms with Crippen LogP contribution in [0.5, 0.6) is 0 Å². The van der Waals surface area contributed by atoms with Crippen LogP contribution in [0.15, 0.2) is 53.7 Å². The van der Waals surface area contributed by atoms with E-state index in [0.717, 1.165) is 12.1 Å². The number of fused-ring (bicyclic) bond motifs is 1. The quantitative estimate of drug-likeness (QED) is 0.324. The minimum absolute atomic E-state index is 0. The molecule has 5 heteroatoms. The first kappa shape index (κ1) is 18.3. The minimum atomic E-state index is 0. The summed E-state index contributed by atoms with van der Waals surface area (Å²) in [4.78, 5) is 7.75. The van der Waals surface area contributed by atoms with Crippen molar-refractivity contribution >= 4 is 46.5 Å². The number of guanidine groups is 1. The normalized spacial score (nSPS) is 11.3. The highest BCUT2D eigenvalue weighted by molar-refractivity contribution is 14.0. The van der Waals surface area contributed by atoms with Gasteiger partial charge < -0.3 is 16.0 Å². The number of H-pyrrole nitrogens is 1. The third-order valence-corrected chi connectivity index (χ3v) is 3.95. The molecule has 3 aromatic rings. The summed E-state index contributed by atoms with van der Waals surface area (Å²) in [6, 6.07) is 14.4. The van der Waals surface area contributed by atoms with Gasteiger partial charge in [-0.3, -0.25) is 4.99 Å². The number of benzene rings is 2. The number of hydrogen-bond acceptors (Lipinski definition) is 1. The van der Waals surface area contributed by atoms with Crippen LogP contribution < -0.4 is 11.1 Å². The summed E-state index contributed by atoms with van der Waals surface area (Å²) in [5.41, 5.74) is 11.9. The van der Waals surface area contributed by atoms with E-state index in [9.17, 15) is 0 Å². The Kier molecular flexibility index (Phi) is 6.25. The lowest BCUT2D eigenvalue weighted by Crippen LogP contribution is -2.23. The van der Waals surface area contributed by atoms with Gasteiger partial charge in [-0.15, -0.1) is 24.0 Å². The van der Waals surface area contributed by atoms with E-state index in [2.05, 4.69) is 59.6 Å². The van der Waals surface area contributed by atoms with Gasteiger partial charge in [0.15, 0.2) is 5.96 Å². The molecule has 24 heavy (non-hydrogen) atoms. The van der Waals surface area contributed by atoms with Gasteiger partial charge in [-0.2, -0.15) is 0 Å². The number of anilines is 1. The zero-order valence-corrected chi connectivity index (χ0v) is 16.3. The Morgan fingerprint density at radius 2 is 1.96 bits per heavy atom. The molecule has 3 rings (SSSR count). The number of halogens is 1. The van der Waals surface area contributed by atoms with Crippen LogP contribution in [-0.4, -0.2) is 17.5 Å². The van der Waals surface area contributed by atoms with E-state index < -0.39 is 0 Å². The minimum Gasteiger partial charge on any atom is -0.370 e. The summed E-state index contributed by atoms with van der Waals surface area (Å²) < 4.78 is 0. The monoisotopic (exact) mass is 434 g/mol. The second kappa shape index (κ2) is 8.19. The molecule has 0 bridgehead atoms. The number of nitrogens with one attached hydrogen (secondary N) is 2. The summed E-state index contributed by atoms with van der Waals surface area (Å²) in [7, 11) is 0. The molecule has 0 spiro atoms. The van der Waals surface area contributed by atoms with Crippen LogP contribution in [0, 0.1) is 13.8 Å². The molecule has 1 aromatic heterocycles. The average Bonchev–Trinajstić information content (AvgIpc) is 2.92. The maximum atomic E-state index is 5.97. The van der Waals surface area contributed by atoms with Crippen LogP contribution in [0.4, 0.5) is 5.69 Å². The van der Waals surface area contributed by atoms with E-state index in [1.807, 2.05) is 18.2 Å². The topological polar surface area (TPSA) is 66.2 Å². The number of hydrogen-bond donors (Lipinski definition) is 3. The van der Waals surface area contributed by atoms with Gasteiger partial charge in [-0.05, 0) is 55.2 Å². The van der Waals surface area contributed by atoms with E-state index in [1.54, 1.807) is 0 Å². The van der Waals surface area contributed by atoms with Gasteiger partial charge in [0.05, 0.1) is 0 Å². The van der Waals surface area contributed by atoms with Crippen LogP contribution >= 0.6 is 24.0 Å². The number of nitrogens with zero attached hydrogens (tertiary/aromatic N) is 1. The summed E-state index contributed by atoms with van der Waals surface area (Å²) in [5, 5.41) is 4.43. The highest BCUT2D eigenvalue weighted by Gasteiger charge is 2.05. The Balaban J connectivity index is 0.00000208. The average molecular weight is 434 g/mol. The van der Waals surface area contributed by atoms with Crippen LogP contribution in [0.25, 0.3) is 10.9 Å². The van der Waals surface area contributed by atoms with Crippen molar-refractivity contribution in [3.8, 4) is 0 Å². The molecule has 0 saturated heterocycles. The van der Waals surface area contributed by atoms with Gasteiger partial charge in [0.1, 0.15) is 0 Å². The number of rotatable bonds is 4. The van der Waals surface area contributed by atoms with Gasteiger partial charge in [0.2, 0.25) is 0 Å². The molecule has 0 aliphatic rings. The fourth-order valence-corrected chi connectivity index (χ4v) is 2.86. The second-order valence-electron chi connectivity index (χ2n) is 5.82. The van der Waals surface area contributed by atoms with E-state index in [1.165, 1.54) is 27.6 Å². The maximum Gasteiger partial charge on any atom is 0.193 e. The van der Waals surface area contributed by atoms with Crippen molar-refractivity contribution in [2.24, 2.45) is 10.7 Å². The summed E-state index contributed by atoms with van der Waals surface area (Å²) in [6.07, 6.45) is 2.93. The fourth-order valence-electron chi connectivity index (χ4n) is 2.86. The maximum absolute atomic E-state index is 5.97. The van der Waals surface area contributed by atoms with Crippen LogP contribution in [-0.2, 0) is 6.42 Å². The molecule has 0 atom stereocenters. The molecule has 0 aliphatic heterocycles. The Morgan fingerprint density at radius 1 is 1.17 bits per heavy atom. The van der Waals surface area contributed by atoms with Gasteiger partial charge in [0.25, 0.3) is 0 Å². The van der Waals surface area contributed by atoms with Gasteiger partial charge in [-0.25, -0.2) is 0 Å². The van der Waals surface area contributed by atoms with E-state index in [4.69, 9.17) is 5.73 Å². The summed E-state index contributed by atoms with van der Waals surface area (Å²) in [5.74, 6) is 0.451. The van der Waals surface area contributed by atoms with Crippen molar-refractivity contribution in [1.82, 2.24) is 4.98 Å². The van der Waals surface area contributed by atoms with Crippen LogP contribution in [0.2, 0.25) is 0 Å². The van der Waals surface area contributed by atoms with Gasteiger partial charge >= 0.3 is 0 Å². The first-order valence-electron chi connectivity index (χ1n) is 7.82. The smallest absolute Gasteiger partial charge is 0.193 e. The first-order valence-corrected chi connectivity index (χ1v) is 7.82. The van der Waals surface area contributed by atoms with Crippen molar-refractivity contribution in [2.75, 3.05) is 11.9 Å². The molecule has 4 nitrogen and oxygen atoms in total. The third kappa shape index (κ3) is 4.29. The third-order valence-electron chi connectivity index (χ3n) is 3.95. The highest BCUT2D eigenvalue weighted by Crippen LogP contribution is 2.22. The van der Waals surface area contributed by atoms with Crippen molar-refractivity contribution in [3.63, 3.8) is 0 Å². The standard InChI is InChI=1S/C19H22N4.HI/c1-13-5-3-7-16(11-13)23-19(20)21-10-9-15-12-22-17-8-4-6-14(2)18(15)17;/h3-8,11-12,22H,9-10H2,1-2H3,(H3,20,21,23);1H. The number of nitrogens with two attached hydrogens (primary N) is 1. The molecule has 4 N–H and O–H groups in total. The van der Waals surface area contributed by atoms with E-state index in [0.29, 0.717) is 12.5 Å². The number of aryl methyl sites for hydroxylation is 2. The zero-order valence-electron chi connectivity index (χ0n) is 14.0. The molecular weight excluding hydrogens is 411 g/mol. The van der Waals surface area contributed by atoms with Crippen molar-refractivity contribution in [1.29, 1.82) is 0 Å². The molecular formula is C19H23IN4. The summed E-state index contributed by atoms with van der Waals surface area (Å²) in [6.45, 7) is 4.85. The predicted molar refractivity (Wildman–Crippen MR) is 113 cm³/mol. The molecule has 0 saturated carbocycles. The molecule has 1 heterocycles. The van der Waals surface area contributed by atoms with Crippen molar-refractivity contribution in [3.05, 3.63) is 65.4 Å². The number of aliphatic imine (C=N–C) groups is 1. The van der Waals surface area contributed by atoms with Crippen LogP contribution in [0.1, 0.15) is 16.7 Å². The lowest BCUT2D eigenvalue weighted by molar-refractivity contribution is 0.971. The molecule has 0 unspecified atom stereocenters. The Morgan fingerprint density at radius 3 is 2.75 bits per heavy atom. The number of aromatic amines is 1. The lowest BCUT2D eigenvalue weighted by Gasteiger charge is -2.06. The molecule has 126 valence electrons. The van der Waals surface area contributed by atoms with Gasteiger partial charge in [0, 0.05) is 29.3 Å². The summed E-state index contributed by atoms with van der Waals surface area (Å²) >= 11 is 0. The van der Waals surface area contributed by atoms with Crippen LogP contribution in [0.3, 0.4) is 0 Å². The predicted octanol–water partition coefficient (Wildman–Crippen LogP) is 4.37. The fraction of sp³-hybridized carbons (Fsp3) is 0.211. The molecule has 0 radical (unpaired) electrons. The first-order chi connectivity index (χ1) is 11.1. The number of aromatic nitrogens is 1. The van der Waals surface area contributed by atoms with Crippen molar-refractivity contribution in [2.45, 2.75) is 20.3 Å². The largest absolute Gasteiger partial charge is 0.370 e.